The molecule has 2 aromatic carbocycles. The number of rotatable bonds is 19. The second-order valence-corrected chi connectivity index (χ2v) is 10.4. The Morgan fingerprint density at radius 1 is 0.667 bits per heavy atom. The Kier molecular flexibility index (Phi) is 16.8. The smallest absolute Gasteiger partial charge is 0.333 e. The summed E-state index contributed by atoms with van der Waals surface area (Å²) in [5.74, 6) is -1.77. The Balaban J connectivity index is 1.63. The van der Waals surface area contributed by atoms with Gasteiger partial charge in [-0.2, -0.15) is 0 Å². The summed E-state index contributed by atoms with van der Waals surface area (Å²) in [6.45, 7) is 8.49. The van der Waals surface area contributed by atoms with Gasteiger partial charge >= 0.3 is 18.0 Å². The van der Waals surface area contributed by atoms with E-state index in [1.807, 2.05) is 24.3 Å². The molecule has 258 valence electrons. The number of hydrogen-bond acceptors (Lipinski definition) is 10. The normalized spacial score (nSPS) is 10.7. The third kappa shape index (κ3) is 16.4. The van der Waals surface area contributed by atoms with Gasteiger partial charge in [0.1, 0.15) is 6.61 Å². The van der Waals surface area contributed by atoms with Gasteiger partial charge in [0.15, 0.2) is 0 Å². The molecular formula is C31H43N11O6. The summed E-state index contributed by atoms with van der Waals surface area (Å²) < 4.78 is 4.92. The van der Waals surface area contributed by atoms with Crippen molar-refractivity contribution < 1.29 is 28.7 Å². The molecule has 0 unspecified atom stereocenters. The molecule has 0 aliphatic heterocycles. The number of nitrogens with one attached hydrogen (secondary N) is 5. The van der Waals surface area contributed by atoms with Crippen LogP contribution < -0.4 is 26.6 Å². The molecule has 0 atom stereocenters. The fourth-order valence-corrected chi connectivity index (χ4v) is 3.39. The SMILES string of the molecule is C=C(C)C(=O)OCCNC(=O)NCc1ccc(N=NN(C)CCN(C)N=Nc2ccc(CNC(=O)NCCNC(=O)C(C)=O)cc2)cc1. The van der Waals surface area contributed by atoms with Crippen molar-refractivity contribution in [2.24, 2.45) is 20.7 Å². The standard InChI is InChI=1S/C31H43N11O6/c1-22(2)29(45)48-19-16-34-31(47)36-21-25-8-12-27(13-9-25)38-40-42(5)18-17-41(4)39-37-26-10-6-24(7-11-26)20-35-30(46)33-15-14-32-28(44)23(3)43/h6-13H,1,14-21H2,2-5H3,(H,32,44)(H2,33,35,46)(H2,34,36,47). The van der Waals surface area contributed by atoms with E-state index in [9.17, 15) is 24.0 Å². The molecule has 5 amide bonds. The number of esters is 1. The van der Waals surface area contributed by atoms with E-state index < -0.39 is 23.7 Å². The van der Waals surface area contributed by atoms with Gasteiger partial charge in [-0.3, -0.25) is 19.6 Å². The molecule has 0 bridgehead atoms. The Morgan fingerprint density at radius 3 is 1.54 bits per heavy atom. The average Bonchev–Trinajstić information content (AvgIpc) is 3.07. The van der Waals surface area contributed by atoms with Gasteiger partial charge in [0.25, 0.3) is 5.91 Å². The van der Waals surface area contributed by atoms with Crippen molar-refractivity contribution in [1.82, 2.24) is 36.6 Å². The van der Waals surface area contributed by atoms with Crippen molar-refractivity contribution in [2.75, 3.05) is 53.4 Å². The molecule has 0 aromatic heterocycles. The van der Waals surface area contributed by atoms with Crippen LogP contribution in [-0.2, 0) is 32.2 Å². The lowest BCUT2D eigenvalue weighted by molar-refractivity contribution is -0.138. The minimum Gasteiger partial charge on any atom is -0.460 e. The number of benzene rings is 2. The molecule has 0 radical (unpaired) electrons. The van der Waals surface area contributed by atoms with Gasteiger partial charge in [0.2, 0.25) is 5.78 Å². The fourth-order valence-electron chi connectivity index (χ4n) is 3.39. The molecule has 0 heterocycles. The van der Waals surface area contributed by atoms with Crippen LogP contribution in [0.25, 0.3) is 0 Å². The maximum Gasteiger partial charge on any atom is 0.333 e. The maximum atomic E-state index is 11.9. The predicted molar refractivity (Wildman–Crippen MR) is 177 cm³/mol. The highest BCUT2D eigenvalue weighted by atomic mass is 16.5. The highest BCUT2D eigenvalue weighted by molar-refractivity contribution is 6.35. The predicted octanol–water partition coefficient (Wildman–Crippen LogP) is 2.67. The second-order valence-electron chi connectivity index (χ2n) is 10.4. The van der Waals surface area contributed by atoms with Crippen LogP contribution in [-0.4, -0.2) is 93.2 Å². The van der Waals surface area contributed by atoms with Crippen LogP contribution in [0.1, 0.15) is 25.0 Å². The lowest BCUT2D eigenvalue weighted by atomic mass is 10.2. The zero-order valence-electron chi connectivity index (χ0n) is 27.6. The van der Waals surface area contributed by atoms with E-state index in [2.05, 4.69) is 53.8 Å². The van der Waals surface area contributed by atoms with Crippen LogP contribution in [0.15, 0.2) is 81.4 Å². The summed E-state index contributed by atoms with van der Waals surface area (Å²) in [5.41, 5.74) is 3.33. The minimum atomic E-state index is -0.689. The quantitative estimate of drug-likeness (QED) is 0.0375. The molecule has 2 aromatic rings. The van der Waals surface area contributed by atoms with Crippen molar-refractivity contribution in [3.05, 3.63) is 71.8 Å². The van der Waals surface area contributed by atoms with Crippen molar-refractivity contribution in [3.63, 3.8) is 0 Å². The Morgan fingerprint density at radius 2 is 1.10 bits per heavy atom. The third-order valence-electron chi connectivity index (χ3n) is 6.14. The van der Waals surface area contributed by atoms with E-state index in [-0.39, 0.29) is 32.3 Å². The molecule has 0 aliphatic carbocycles. The first-order chi connectivity index (χ1) is 22.9. The van der Waals surface area contributed by atoms with E-state index >= 15 is 0 Å². The molecule has 48 heavy (non-hydrogen) atoms. The molecule has 0 fully saturated rings. The van der Waals surface area contributed by atoms with Crippen molar-refractivity contribution in [2.45, 2.75) is 26.9 Å². The summed E-state index contributed by atoms with van der Waals surface area (Å²) in [6, 6.07) is 13.7. The molecule has 5 N–H and O–H groups in total. The van der Waals surface area contributed by atoms with E-state index in [1.165, 1.54) is 6.92 Å². The number of hydrogen-bond donors (Lipinski definition) is 5. The van der Waals surface area contributed by atoms with Crippen LogP contribution in [0.3, 0.4) is 0 Å². The number of nitrogens with zero attached hydrogens (tertiary/aromatic N) is 6. The van der Waals surface area contributed by atoms with Gasteiger partial charge in [-0.25, -0.2) is 14.4 Å². The first-order valence-corrected chi connectivity index (χ1v) is 15.0. The number of ether oxygens (including phenoxy) is 1. The largest absolute Gasteiger partial charge is 0.460 e. The third-order valence-corrected chi connectivity index (χ3v) is 6.14. The number of Topliss-reactive ketones (excluding diaryl/α,β-unsaturated/α-hetero) is 1. The molecule has 17 heteroatoms. The number of amides is 5. The van der Waals surface area contributed by atoms with Gasteiger partial charge < -0.3 is 31.3 Å². The summed E-state index contributed by atoms with van der Waals surface area (Å²) in [5, 5.41) is 33.2. The molecule has 2 rings (SSSR count). The molecule has 0 aliphatic rings. The summed E-state index contributed by atoms with van der Waals surface area (Å²) in [6.07, 6.45) is 0. The summed E-state index contributed by atoms with van der Waals surface area (Å²) in [4.78, 5) is 57.2. The molecular weight excluding hydrogens is 622 g/mol. The van der Waals surface area contributed by atoms with Crippen LogP contribution in [0.2, 0.25) is 0 Å². The highest BCUT2D eigenvalue weighted by Crippen LogP contribution is 2.15. The first-order valence-electron chi connectivity index (χ1n) is 15.0. The first kappa shape index (κ1) is 38.3. The lowest BCUT2D eigenvalue weighted by Gasteiger charge is -2.15. The second kappa shape index (κ2) is 21.0. The molecule has 17 nitrogen and oxygen atoms in total. The fraction of sp³-hybridized carbons (Fsp3) is 0.387. The van der Waals surface area contributed by atoms with E-state index in [0.717, 1.165) is 11.1 Å². The minimum absolute atomic E-state index is 0.0606. The zero-order valence-corrected chi connectivity index (χ0v) is 27.6. The topological polar surface area (TPSA) is 211 Å². The van der Waals surface area contributed by atoms with E-state index in [0.29, 0.717) is 43.1 Å². The number of ketones is 1. The summed E-state index contributed by atoms with van der Waals surface area (Å²) in [7, 11) is 3.59. The number of urea groups is 2. The van der Waals surface area contributed by atoms with E-state index in [1.54, 1.807) is 55.3 Å². The van der Waals surface area contributed by atoms with Crippen molar-refractivity contribution >= 4 is 41.1 Å². The Bertz CT molecular complexity index is 1340. The van der Waals surface area contributed by atoms with Gasteiger partial charge in [-0.15, -0.1) is 10.2 Å². The van der Waals surface area contributed by atoms with Crippen LogP contribution in [0, 0.1) is 0 Å². The molecule has 0 saturated carbocycles. The van der Waals surface area contributed by atoms with Crippen molar-refractivity contribution in [1.29, 1.82) is 0 Å². The van der Waals surface area contributed by atoms with Crippen LogP contribution in [0.4, 0.5) is 21.0 Å². The monoisotopic (exact) mass is 665 g/mol. The number of likely N-dealkylation sites (N-methyl/N-ethyl adjacent to an activating group) is 2. The Hall–Kier alpha value is -5.87. The van der Waals surface area contributed by atoms with Crippen molar-refractivity contribution in [3.8, 4) is 0 Å². The van der Waals surface area contributed by atoms with Gasteiger partial charge in [0, 0.05) is 52.8 Å². The zero-order chi connectivity index (χ0) is 35.3. The van der Waals surface area contributed by atoms with Crippen LogP contribution >= 0.6 is 0 Å². The van der Waals surface area contributed by atoms with Gasteiger partial charge in [-0.1, -0.05) is 41.3 Å². The lowest BCUT2D eigenvalue weighted by Crippen LogP contribution is -2.41. The Labute approximate surface area is 279 Å². The number of carbonyl (C=O) groups excluding carboxylic acids is 5. The number of carbonyl (C=O) groups is 5. The average molecular weight is 666 g/mol. The van der Waals surface area contributed by atoms with Gasteiger partial charge in [0.05, 0.1) is 31.0 Å². The maximum absolute atomic E-state index is 11.9. The van der Waals surface area contributed by atoms with E-state index in [4.69, 9.17) is 4.74 Å². The summed E-state index contributed by atoms with van der Waals surface area (Å²) >= 11 is 0. The molecule has 0 spiro atoms. The highest BCUT2D eigenvalue weighted by Gasteiger charge is 2.07. The molecule has 0 saturated heterocycles. The van der Waals surface area contributed by atoms with Gasteiger partial charge in [-0.05, 0) is 42.3 Å². The van der Waals surface area contributed by atoms with Crippen LogP contribution in [0.5, 0.6) is 0 Å².